The summed E-state index contributed by atoms with van der Waals surface area (Å²) in [4.78, 5) is 40.9. The quantitative estimate of drug-likeness (QED) is 0.261. The Balaban J connectivity index is 1.87. The van der Waals surface area contributed by atoms with Gasteiger partial charge in [-0.25, -0.2) is 9.59 Å². The van der Waals surface area contributed by atoms with Gasteiger partial charge in [-0.05, 0) is 86.6 Å². The van der Waals surface area contributed by atoms with E-state index in [4.69, 9.17) is 9.47 Å². The number of hydrogen-bond donors (Lipinski definition) is 0. The van der Waals surface area contributed by atoms with Gasteiger partial charge in [0, 0.05) is 18.2 Å². The van der Waals surface area contributed by atoms with Gasteiger partial charge in [0.05, 0.1) is 36.6 Å². The number of nitrogens with zero attached hydrogens (tertiary/aromatic N) is 2. The monoisotopic (exact) mass is 586 g/mol. The highest BCUT2D eigenvalue weighted by molar-refractivity contribution is 5.96. The van der Waals surface area contributed by atoms with Gasteiger partial charge in [-0.1, -0.05) is 0 Å². The lowest BCUT2D eigenvalue weighted by Gasteiger charge is -2.44. The number of benzene rings is 2. The Bertz CT molecular complexity index is 1310. The molecule has 13 heteroatoms. The van der Waals surface area contributed by atoms with Gasteiger partial charge in [-0.3, -0.25) is 14.6 Å². The fourth-order valence-electron chi connectivity index (χ4n) is 5.23. The van der Waals surface area contributed by atoms with E-state index in [1.807, 2.05) is 0 Å². The number of anilines is 1. The van der Waals surface area contributed by atoms with Crippen LogP contribution in [0, 0.1) is 5.92 Å². The Labute approximate surface area is 232 Å². The van der Waals surface area contributed by atoms with Crippen molar-refractivity contribution in [2.75, 3.05) is 18.6 Å². The molecule has 2 aromatic carbocycles. The highest BCUT2D eigenvalue weighted by atomic mass is 19.4. The van der Waals surface area contributed by atoms with Crippen LogP contribution in [0.25, 0.3) is 0 Å². The molecule has 222 valence electrons. The minimum atomic E-state index is -5.07. The maximum atomic E-state index is 13.5. The molecule has 2 aromatic rings. The summed E-state index contributed by atoms with van der Waals surface area (Å²) >= 11 is 0. The van der Waals surface area contributed by atoms with E-state index in [0.29, 0.717) is 23.4 Å². The van der Waals surface area contributed by atoms with E-state index in [9.17, 15) is 40.7 Å². The van der Waals surface area contributed by atoms with Crippen LogP contribution in [0.1, 0.15) is 71.8 Å². The molecular weight excluding hydrogens is 558 g/mol. The molecule has 1 saturated carbocycles. The lowest BCUT2D eigenvalue weighted by Crippen LogP contribution is -2.50. The average molecular weight is 587 g/mol. The lowest BCUT2D eigenvalue weighted by molar-refractivity contribution is -0.143. The summed E-state index contributed by atoms with van der Waals surface area (Å²) < 4.78 is 91.5. The van der Waals surface area contributed by atoms with Gasteiger partial charge in [0.1, 0.15) is 0 Å². The molecule has 4 rings (SSSR count). The van der Waals surface area contributed by atoms with Gasteiger partial charge in [0.2, 0.25) is 0 Å². The van der Waals surface area contributed by atoms with E-state index in [0.717, 1.165) is 24.9 Å². The summed E-state index contributed by atoms with van der Waals surface area (Å²) in [5, 5.41) is 0. The van der Waals surface area contributed by atoms with Gasteiger partial charge in [-0.15, -0.1) is 0 Å². The molecule has 2 aliphatic rings. The molecule has 2 amide bonds. The molecule has 0 bridgehead atoms. The number of ketones is 1. The number of Topliss-reactive ketones (excluding diaryl/α,β-unsaturated/α-hetero) is 1. The van der Waals surface area contributed by atoms with Crippen LogP contribution in [0.15, 0.2) is 36.4 Å². The number of hydrogen-bond acceptors (Lipinski definition) is 5. The number of ether oxygens (including phenoxy) is 2. The van der Waals surface area contributed by atoms with E-state index >= 15 is 0 Å². The van der Waals surface area contributed by atoms with Crippen molar-refractivity contribution >= 4 is 23.7 Å². The molecule has 0 aromatic heterocycles. The van der Waals surface area contributed by atoms with Gasteiger partial charge in [-0.2, -0.15) is 26.3 Å². The highest BCUT2D eigenvalue weighted by Crippen LogP contribution is 2.49. The van der Waals surface area contributed by atoms with Crippen LogP contribution in [-0.2, 0) is 28.4 Å². The van der Waals surface area contributed by atoms with Gasteiger partial charge in [0.25, 0.3) is 0 Å². The predicted octanol–water partition coefficient (Wildman–Crippen LogP) is 7.38. The van der Waals surface area contributed by atoms with Crippen LogP contribution in [0.3, 0.4) is 0 Å². The van der Waals surface area contributed by atoms with Crippen molar-refractivity contribution in [1.82, 2.24) is 4.90 Å². The van der Waals surface area contributed by atoms with Crippen molar-refractivity contribution in [3.05, 3.63) is 64.2 Å². The van der Waals surface area contributed by atoms with Crippen molar-refractivity contribution in [2.24, 2.45) is 5.92 Å². The van der Waals surface area contributed by atoms with Crippen molar-refractivity contribution in [3.63, 3.8) is 0 Å². The second-order valence-corrected chi connectivity index (χ2v) is 10.1. The molecule has 0 N–H and O–H groups in total. The zero-order valence-corrected chi connectivity index (χ0v) is 22.4. The largest absolute Gasteiger partial charge is 0.453 e. The normalized spacial score (nSPS) is 18.9. The second kappa shape index (κ2) is 11.2. The predicted molar refractivity (Wildman–Crippen MR) is 134 cm³/mol. The molecular formula is C28H28F6N2O5. The second-order valence-electron chi connectivity index (χ2n) is 10.1. The minimum Gasteiger partial charge on any atom is -0.453 e. The van der Waals surface area contributed by atoms with Crippen molar-refractivity contribution in [2.45, 2.75) is 64.1 Å². The van der Waals surface area contributed by atoms with Crippen LogP contribution < -0.4 is 4.90 Å². The number of carbonyl (C=O) groups excluding carboxylic acids is 3. The zero-order chi connectivity index (χ0) is 30.3. The standard InChI is InChI=1S/C28H28F6N2O5/c1-4-41-26(39)36-22-8-7-18(15(2)37)11-21(22)24(13-23(36)17-5-6-17)35(25(38)40-3)14-16-9-19(27(29,30)31)12-20(10-16)28(32,33)34/h7-12,17,23-24H,4-6,13-14H2,1-3H3/t23-,24-/m1/s1. The molecule has 1 aliphatic heterocycles. The van der Waals surface area contributed by atoms with Crippen molar-refractivity contribution in [1.29, 1.82) is 0 Å². The number of carbonyl (C=O) groups is 3. The molecule has 2 atom stereocenters. The first-order valence-corrected chi connectivity index (χ1v) is 12.9. The third-order valence-corrected chi connectivity index (χ3v) is 7.27. The fourth-order valence-corrected chi connectivity index (χ4v) is 5.23. The summed E-state index contributed by atoms with van der Waals surface area (Å²) in [7, 11) is 1.04. The third-order valence-electron chi connectivity index (χ3n) is 7.27. The average Bonchev–Trinajstić information content (AvgIpc) is 3.74. The summed E-state index contributed by atoms with van der Waals surface area (Å²) in [6, 6.07) is 4.22. The van der Waals surface area contributed by atoms with Gasteiger partial charge in [0.15, 0.2) is 5.78 Å². The van der Waals surface area contributed by atoms with Gasteiger partial charge < -0.3 is 9.47 Å². The summed E-state index contributed by atoms with van der Waals surface area (Å²) in [6.45, 7) is 2.38. The van der Waals surface area contributed by atoms with E-state index in [2.05, 4.69) is 0 Å². The van der Waals surface area contributed by atoms with E-state index in [1.165, 1.54) is 30.0 Å². The fraction of sp³-hybridized carbons (Fsp3) is 0.464. The van der Waals surface area contributed by atoms with E-state index in [-0.39, 0.29) is 36.4 Å². The van der Waals surface area contributed by atoms with Crippen LogP contribution >= 0.6 is 0 Å². The maximum Gasteiger partial charge on any atom is 0.416 e. The molecule has 7 nitrogen and oxygen atoms in total. The zero-order valence-electron chi connectivity index (χ0n) is 22.4. The third kappa shape index (κ3) is 6.43. The number of fused-ring (bicyclic) bond motifs is 1. The molecule has 0 saturated heterocycles. The minimum absolute atomic E-state index is 0.0153. The molecule has 1 fully saturated rings. The first-order chi connectivity index (χ1) is 19.1. The first-order valence-electron chi connectivity index (χ1n) is 12.9. The number of methoxy groups -OCH3 is 1. The Morgan fingerprint density at radius 3 is 2.07 bits per heavy atom. The molecule has 41 heavy (non-hydrogen) atoms. The summed E-state index contributed by atoms with van der Waals surface area (Å²) in [5.41, 5.74) is -2.56. The van der Waals surface area contributed by atoms with Gasteiger partial charge >= 0.3 is 24.5 Å². The molecule has 1 aliphatic carbocycles. The SMILES string of the molecule is CCOC(=O)N1c2ccc(C(C)=O)cc2[C@H](N(Cc2cc(C(F)(F)F)cc(C(F)(F)F)c2)C(=O)OC)C[C@@H]1C1CC1. The topological polar surface area (TPSA) is 76.2 Å². The van der Waals surface area contributed by atoms with Crippen LogP contribution in [0.5, 0.6) is 0 Å². The summed E-state index contributed by atoms with van der Waals surface area (Å²) in [6.07, 6.45) is -10.1. The maximum absolute atomic E-state index is 13.5. The van der Waals surface area contributed by atoms with Crippen LogP contribution in [0.4, 0.5) is 41.6 Å². The van der Waals surface area contributed by atoms with Crippen molar-refractivity contribution in [3.8, 4) is 0 Å². The number of rotatable bonds is 6. The summed E-state index contributed by atoms with van der Waals surface area (Å²) in [5.74, 6) is -0.289. The van der Waals surface area contributed by atoms with E-state index < -0.39 is 59.9 Å². The Morgan fingerprint density at radius 1 is 0.976 bits per heavy atom. The highest BCUT2D eigenvalue weighted by Gasteiger charge is 2.47. The number of halogens is 6. The van der Waals surface area contributed by atoms with Crippen LogP contribution in [-0.4, -0.2) is 42.6 Å². The Hall–Kier alpha value is -3.77. The Kier molecular flexibility index (Phi) is 8.28. The van der Waals surface area contributed by atoms with Crippen molar-refractivity contribution < 1.29 is 50.2 Å². The number of alkyl halides is 6. The van der Waals surface area contributed by atoms with Crippen LogP contribution in [0.2, 0.25) is 0 Å². The molecule has 0 spiro atoms. The molecule has 1 heterocycles. The molecule has 0 unspecified atom stereocenters. The lowest BCUT2D eigenvalue weighted by atomic mass is 9.86. The van der Waals surface area contributed by atoms with E-state index in [1.54, 1.807) is 6.92 Å². The number of amides is 2. The Morgan fingerprint density at radius 2 is 1.59 bits per heavy atom. The smallest absolute Gasteiger partial charge is 0.416 e. The first kappa shape index (κ1) is 30.2. The molecule has 0 radical (unpaired) electrons.